The SMILES string of the molecule is Cc1ccccc1Nc1ncnc(Nc2ccc3c(c2)OCCO3)c1[N+](=O)[O-]. The molecule has 0 fully saturated rings. The van der Waals surface area contributed by atoms with Gasteiger partial charge >= 0.3 is 5.69 Å². The summed E-state index contributed by atoms with van der Waals surface area (Å²) in [5.74, 6) is 1.39. The second-order valence-corrected chi connectivity index (χ2v) is 6.10. The van der Waals surface area contributed by atoms with Crippen LogP contribution in [0.3, 0.4) is 0 Å². The summed E-state index contributed by atoms with van der Waals surface area (Å²) >= 11 is 0. The Bertz CT molecular complexity index is 1040. The van der Waals surface area contributed by atoms with E-state index in [-0.39, 0.29) is 17.3 Å². The van der Waals surface area contributed by atoms with Crippen LogP contribution in [0.5, 0.6) is 11.5 Å². The Balaban J connectivity index is 1.68. The average molecular weight is 379 g/mol. The molecule has 9 nitrogen and oxygen atoms in total. The summed E-state index contributed by atoms with van der Waals surface area (Å²) in [4.78, 5) is 19.3. The fourth-order valence-electron chi connectivity index (χ4n) is 2.83. The average Bonchev–Trinajstić information content (AvgIpc) is 2.69. The Morgan fingerprint density at radius 1 is 1.00 bits per heavy atom. The maximum atomic E-state index is 11.7. The van der Waals surface area contributed by atoms with Gasteiger partial charge in [-0.25, -0.2) is 9.97 Å². The monoisotopic (exact) mass is 379 g/mol. The van der Waals surface area contributed by atoms with Gasteiger partial charge in [0.1, 0.15) is 19.5 Å². The van der Waals surface area contributed by atoms with Gasteiger partial charge in [-0.05, 0) is 30.7 Å². The molecule has 1 aliphatic heterocycles. The molecular formula is C19H17N5O4. The van der Waals surface area contributed by atoms with Crippen LogP contribution in [0.2, 0.25) is 0 Å². The van der Waals surface area contributed by atoms with Crippen LogP contribution in [-0.2, 0) is 0 Å². The third kappa shape index (κ3) is 3.50. The number of nitrogens with one attached hydrogen (secondary N) is 2. The Hall–Kier alpha value is -3.88. The van der Waals surface area contributed by atoms with Crippen LogP contribution < -0.4 is 20.1 Å². The summed E-state index contributed by atoms with van der Waals surface area (Å²) in [5.41, 5.74) is 2.01. The van der Waals surface area contributed by atoms with Crippen molar-refractivity contribution in [3.05, 3.63) is 64.5 Å². The van der Waals surface area contributed by atoms with Gasteiger partial charge in [0.25, 0.3) is 0 Å². The van der Waals surface area contributed by atoms with Gasteiger partial charge in [0.05, 0.1) is 4.92 Å². The van der Waals surface area contributed by atoms with E-state index >= 15 is 0 Å². The van der Waals surface area contributed by atoms with E-state index in [1.807, 2.05) is 31.2 Å². The molecule has 1 aromatic heterocycles. The quantitative estimate of drug-likeness (QED) is 0.506. The summed E-state index contributed by atoms with van der Waals surface area (Å²) in [6, 6.07) is 12.7. The van der Waals surface area contributed by atoms with Crippen molar-refractivity contribution in [1.82, 2.24) is 9.97 Å². The van der Waals surface area contributed by atoms with Crippen molar-refractivity contribution in [3.8, 4) is 11.5 Å². The van der Waals surface area contributed by atoms with Crippen LogP contribution >= 0.6 is 0 Å². The minimum Gasteiger partial charge on any atom is -0.486 e. The third-order valence-electron chi connectivity index (χ3n) is 4.21. The van der Waals surface area contributed by atoms with Gasteiger partial charge in [-0.3, -0.25) is 10.1 Å². The highest BCUT2D eigenvalue weighted by Gasteiger charge is 2.24. The molecule has 0 amide bonds. The summed E-state index contributed by atoms with van der Waals surface area (Å²) in [7, 11) is 0. The molecule has 0 saturated carbocycles. The molecule has 0 unspecified atom stereocenters. The zero-order valence-corrected chi connectivity index (χ0v) is 15.0. The van der Waals surface area contributed by atoms with Crippen LogP contribution in [0.1, 0.15) is 5.56 Å². The fourth-order valence-corrected chi connectivity index (χ4v) is 2.83. The number of rotatable bonds is 5. The van der Waals surface area contributed by atoms with Crippen LogP contribution in [0.4, 0.5) is 28.7 Å². The lowest BCUT2D eigenvalue weighted by Gasteiger charge is -2.19. The van der Waals surface area contributed by atoms with Crippen LogP contribution in [0, 0.1) is 17.0 Å². The first-order valence-electron chi connectivity index (χ1n) is 8.60. The summed E-state index contributed by atoms with van der Waals surface area (Å²) in [6.45, 7) is 2.85. The fraction of sp³-hybridized carbons (Fsp3) is 0.158. The Morgan fingerprint density at radius 2 is 1.71 bits per heavy atom. The minimum absolute atomic E-state index is 0.0766. The molecule has 0 atom stereocenters. The first-order valence-corrected chi connectivity index (χ1v) is 8.60. The Morgan fingerprint density at radius 3 is 2.46 bits per heavy atom. The molecule has 9 heteroatoms. The molecule has 0 radical (unpaired) electrons. The minimum atomic E-state index is -0.513. The molecule has 28 heavy (non-hydrogen) atoms. The number of benzene rings is 2. The molecule has 2 N–H and O–H groups in total. The summed E-state index contributed by atoms with van der Waals surface area (Å²) < 4.78 is 11.0. The van der Waals surface area contributed by atoms with Crippen LogP contribution in [0.15, 0.2) is 48.8 Å². The van der Waals surface area contributed by atoms with Gasteiger partial charge in [-0.1, -0.05) is 18.2 Å². The first kappa shape index (κ1) is 17.5. The second kappa shape index (κ2) is 7.39. The van der Waals surface area contributed by atoms with Gasteiger partial charge < -0.3 is 20.1 Å². The molecular weight excluding hydrogens is 362 g/mol. The van der Waals surface area contributed by atoms with Gasteiger partial charge in [0, 0.05) is 17.4 Å². The second-order valence-electron chi connectivity index (χ2n) is 6.10. The lowest BCUT2D eigenvalue weighted by Crippen LogP contribution is -2.15. The number of ether oxygens (including phenoxy) is 2. The molecule has 0 spiro atoms. The van der Waals surface area contributed by atoms with E-state index < -0.39 is 4.92 Å². The number of nitro groups is 1. The Kier molecular flexibility index (Phi) is 4.63. The molecule has 2 heterocycles. The highest BCUT2D eigenvalue weighted by Crippen LogP contribution is 2.37. The van der Waals surface area contributed by atoms with Crippen molar-refractivity contribution < 1.29 is 14.4 Å². The van der Waals surface area contributed by atoms with E-state index in [2.05, 4.69) is 20.6 Å². The smallest absolute Gasteiger partial charge is 0.353 e. The number of aromatic nitrogens is 2. The van der Waals surface area contributed by atoms with Gasteiger partial charge in [-0.15, -0.1) is 0 Å². The largest absolute Gasteiger partial charge is 0.486 e. The first-order chi connectivity index (χ1) is 13.6. The highest BCUT2D eigenvalue weighted by atomic mass is 16.6. The maximum Gasteiger partial charge on any atom is 0.353 e. The molecule has 0 aliphatic carbocycles. The number of aryl methyl sites for hydroxylation is 1. The number of hydrogen-bond acceptors (Lipinski definition) is 8. The van der Waals surface area contributed by atoms with Crippen molar-refractivity contribution in [2.24, 2.45) is 0 Å². The van der Waals surface area contributed by atoms with Crippen molar-refractivity contribution >= 4 is 28.7 Å². The predicted molar refractivity (Wildman–Crippen MR) is 104 cm³/mol. The zero-order chi connectivity index (χ0) is 19.5. The van der Waals surface area contributed by atoms with Crippen LogP contribution in [-0.4, -0.2) is 28.1 Å². The maximum absolute atomic E-state index is 11.7. The normalized spacial score (nSPS) is 12.3. The molecule has 142 valence electrons. The van der Waals surface area contributed by atoms with Crippen molar-refractivity contribution in [2.45, 2.75) is 6.92 Å². The van der Waals surface area contributed by atoms with E-state index in [0.717, 1.165) is 11.3 Å². The summed E-state index contributed by atoms with van der Waals surface area (Å²) in [6.07, 6.45) is 1.27. The number of para-hydroxylation sites is 1. The molecule has 1 aliphatic rings. The van der Waals surface area contributed by atoms with E-state index in [0.29, 0.717) is 30.4 Å². The summed E-state index contributed by atoms with van der Waals surface area (Å²) in [5, 5.41) is 17.7. The zero-order valence-electron chi connectivity index (χ0n) is 15.0. The highest BCUT2D eigenvalue weighted by molar-refractivity contribution is 5.77. The molecule has 0 saturated heterocycles. The molecule has 0 bridgehead atoms. The standard InChI is InChI=1S/C19H17N5O4/c1-12-4-2-3-5-14(12)23-19-17(24(25)26)18(20-11-21-19)22-13-6-7-15-16(10-13)28-9-8-27-15/h2-7,10-11H,8-9H2,1H3,(H2,20,21,22,23). The molecule has 2 aromatic carbocycles. The predicted octanol–water partition coefficient (Wildman–Crippen LogP) is 3.95. The third-order valence-corrected chi connectivity index (χ3v) is 4.21. The van der Waals surface area contributed by atoms with E-state index in [9.17, 15) is 10.1 Å². The number of fused-ring (bicyclic) bond motifs is 1. The topological polar surface area (TPSA) is 111 Å². The number of hydrogen-bond donors (Lipinski definition) is 2. The number of nitrogens with zero attached hydrogens (tertiary/aromatic N) is 3. The molecule has 3 aromatic rings. The van der Waals surface area contributed by atoms with Crippen LogP contribution in [0.25, 0.3) is 0 Å². The van der Waals surface area contributed by atoms with Crippen molar-refractivity contribution in [2.75, 3.05) is 23.8 Å². The van der Waals surface area contributed by atoms with Gasteiger partial charge in [0.15, 0.2) is 11.5 Å². The lowest BCUT2D eigenvalue weighted by molar-refractivity contribution is -0.383. The molecule has 4 rings (SSSR count). The Labute approximate surface area is 160 Å². The van der Waals surface area contributed by atoms with E-state index in [4.69, 9.17) is 9.47 Å². The van der Waals surface area contributed by atoms with E-state index in [1.54, 1.807) is 18.2 Å². The van der Waals surface area contributed by atoms with E-state index in [1.165, 1.54) is 6.33 Å². The van der Waals surface area contributed by atoms with Crippen molar-refractivity contribution in [3.63, 3.8) is 0 Å². The van der Waals surface area contributed by atoms with Crippen molar-refractivity contribution in [1.29, 1.82) is 0 Å². The lowest BCUT2D eigenvalue weighted by atomic mass is 10.2. The number of anilines is 4. The van der Waals surface area contributed by atoms with Gasteiger partial charge in [0.2, 0.25) is 11.6 Å². The van der Waals surface area contributed by atoms with Gasteiger partial charge in [-0.2, -0.15) is 0 Å².